The van der Waals surface area contributed by atoms with Gasteiger partial charge in [-0.2, -0.15) is 5.26 Å². The molecular formula is C15H13N3O3. The standard InChI is InChI=1S/C15H13N3O3/c1-9-6-10(2)18(14(19)13(9)15(20)21)8-11-4-3-5-17-12(11)7-16/h3-6H,8H2,1-2H3,(H,20,21). The number of nitrogens with zero attached hydrogens (tertiary/aromatic N) is 3. The SMILES string of the molecule is Cc1cc(C)n(Cc2cccnc2C#N)c(=O)c1C(=O)O. The van der Waals surface area contributed by atoms with Gasteiger partial charge < -0.3 is 9.67 Å². The fourth-order valence-electron chi connectivity index (χ4n) is 2.22. The minimum absolute atomic E-state index is 0.113. The quantitative estimate of drug-likeness (QED) is 0.920. The molecule has 0 unspecified atom stereocenters. The normalized spacial score (nSPS) is 10.1. The topological polar surface area (TPSA) is 96.0 Å². The monoisotopic (exact) mass is 283 g/mol. The van der Waals surface area contributed by atoms with Crippen molar-refractivity contribution in [3.63, 3.8) is 0 Å². The lowest BCUT2D eigenvalue weighted by atomic mass is 10.1. The van der Waals surface area contributed by atoms with E-state index in [0.717, 1.165) is 0 Å². The molecule has 0 amide bonds. The van der Waals surface area contributed by atoms with E-state index < -0.39 is 11.5 Å². The molecule has 6 nitrogen and oxygen atoms in total. The van der Waals surface area contributed by atoms with Gasteiger partial charge in [-0.15, -0.1) is 0 Å². The fourth-order valence-corrected chi connectivity index (χ4v) is 2.22. The van der Waals surface area contributed by atoms with Crippen LogP contribution in [0.15, 0.2) is 29.2 Å². The molecule has 2 aromatic rings. The molecule has 0 fully saturated rings. The van der Waals surface area contributed by atoms with Gasteiger partial charge in [-0.05, 0) is 31.5 Å². The van der Waals surface area contributed by atoms with Crippen molar-refractivity contribution in [1.29, 1.82) is 5.26 Å². The predicted octanol–water partition coefficient (Wildman–Crippen LogP) is 1.48. The third-order valence-electron chi connectivity index (χ3n) is 3.24. The second kappa shape index (κ2) is 5.59. The number of hydrogen-bond donors (Lipinski definition) is 1. The molecule has 2 heterocycles. The van der Waals surface area contributed by atoms with Gasteiger partial charge in [-0.25, -0.2) is 9.78 Å². The molecule has 0 spiro atoms. The summed E-state index contributed by atoms with van der Waals surface area (Å²) in [5, 5.41) is 18.2. The number of aryl methyl sites for hydroxylation is 2. The highest BCUT2D eigenvalue weighted by Gasteiger charge is 2.17. The van der Waals surface area contributed by atoms with E-state index in [-0.39, 0.29) is 17.8 Å². The maximum absolute atomic E-state index is 12.3. The van der Waals surface area contributed by atoms with Crippen LogP contribution in [0.4, 0.5) is 0 Å². The van der Waals surface area contributed by atoms with Crippen molar-refractivity contribution in [3.8, 4) is 6.07 Å². The lowest BCUT2D eigenvalue weighted by Gasteiger charge is -2.13. The molecule has 0 atom stereocenters. The Hall–Kier alpha value is -2.94. The Labute approximate surface area is 120 Å². The van der Waals surface area contributed by atoms with Crippen LogP contribution in [0.2, 0.25) is 0 Å². The largest absolute Gasteiger partial charge is 0.477 e. The van der Waals surface area contributed by atoms with Crippen LogP contribution in [-0.4, -0.2) is 20.6 Å². The number of pyridine rings is 2. The summed E-state index contributed by atoms with van der Waals surface area (Å²) in [5.74, 6) is -1.25. The van der Waals surface area contributed by atoms with Gasteiger partial charge >= 0.3 is 5.97 Å². The van der Waals surface area contributed by atoms with Crippen LogP contribution in [0, 0.1) is 25.2 Å². The van der Waals surface area contributed by atoms with E-state index in [1.165, 1.54) is 10.8 Å². The molecule has 1 N–H and O–H groups in total. The number of aromatic nitrogens is 2. The second-order valence-corrected chi connectivity index (χ2v) is 4.66. The zero-order valence-electron chi connectivity index (χ0n) is 11.6. The number of rotatable bonds is 3. The number of carbonyl (C=O) groups is 1. The Kier molecular flexibility index (Phi) is 3.85. The number of hydrogen-bond acceptors (Lipinski definition) is 4. The third kappa shape index (κ3) is 2.67. The minimum Gasteiger partial charge on any atom is -0.477 e. The molecule has 0 aliphatic rings. The maximum Gasteiger partial charge on any atom is 0.341 e. The van der Waals surface area contributed by atoms with Crippen LogP contribution < -0.4 is 5.56 Å². The van der Waals surface area contributed by atoms with E-state index in [1.54, 1.807) is 32.0 Å². The molecule has 0 aliphatic heterocycles. The summed E-state index contributed by atoms with van der Waals surface area (Å²) in [4.78, 5) is 27.5. The van der Waals surface area contributed by atoms with Crippen LogP contribution in [0.5, 0.6) is 0 Å². The molecule has 106 valence electrons. The molecule has 0 aromatic carbocycles. The van der Waals surface area contributed by atoms with E-state index in [1.807, 2.05) is 6.07 Å². The zero-order chi connectivity index (χ0) is 15.6. The molecule has 0 radical (unpaired) electrons. The van der Waals surface area contributed by atoms with E-state index in [9.17, 15) is 9.59 Å². The van der Waals surface area contributed by atoms with Crippen molar-refractivity contribution in [2.45, 2.75) is 20.4 Å². The summed E-state index contributed by atoms with van der Waals surface area (Å²) in [6.07, 6.45) is 1.50. The van der Waals surface area contributed by atoms with Gasteiger partial charge in [0.2, 0.25) is 0 Å². The van der Waals surface area contributed by atoms with E-state index in [4.69, 9.17) is 10.4 Å². The third-order valence-corrected chi connectivity index (χ3v) is 3.24. The summed E-state index contributed by atoms with van der Waals surface area (Å²) >= 11 is 0. The molecule has 2 aromatic heterocycles. The van der Waals surface area contributed by atoms with Crippen molar-refractivity contribution >= 4 is 5.97 Å². The molecule has 6 heteroatoms. The molecule has 0 saturated carbocycles. The minimum atomic E-state index is -1.25. The molecule has 21 heavy (non-hydrogen) atoms. The lowest BCUT2D eigenvalue weighted by molar-refractivity contribution is 0.0693. The first kappa shape index (κ1) is 14.5. The van der Waals surface area contributed by atoms with Gasteiger partial charge in [-0.1, -0.05) is 6.07 Å². The lowest BCUT2D eigenvalue weighted by Crippen LogP contribution is -2.30. The van der Waals surface area contributed by atoms with Crippen LogP contribution in [0.25, 0.3) is 0 Å². The first-order valence-electron chi connectivity index (χ1n) is 6.24. The fraction of sp³-hybridized carbons (Fsp3) is 0.200. The maximum atomic E-state index is 12.3. The zero-order valence-corrected chi connectivity index (χ0v) is 11.6. The van der Waals surface area contributed by atoms with Crippen LogP contribution >= 0.6 is 0 Å². The van der Waals surface area contributed by atoms with Crippen molar-refractivity contribution in [1.82, 2.24) is 9.55 Å². The number of aromatic carboxylic acids is 1. The number of carboxylic acid groups (broad SMARTS) is 1. The van der Waals surface area contributed by atoms with Gasteiger partial charge in [0, 0.05) is 17.5 Å². The number of carboxylic acids is 1. The Morgan fingerprint density at radius 3 is 2.81 bits per heavy atom. The van der Waals surface area contributed by atoms with Gasteiger partial charge in [0.1, 0.15) is 17.3 Å². The number of nitriles is 1. The van der Waals surface area contributed by atoms with Crippen LogP contribution in [0.3, 0.4) is 0 Å². The Balaban J connectivity index is 2.61. The summed E-state index contributed by atoms with van der Waals surface area (Å²) < 4.78 is 1.34. The van der Waals surface area contributed by atoms with Crippen LogP contribution in [-0.2, 0) is 6.54 Å². The molecule has 0 saturated heterocycles. The predicted molar refractivity (Wildman–Crippen MR) is 75.2 cm³/mol. The Morgan fingerprint density at radius 1 is 1.48 bits per heavy atom. The highest BCUT2D eigenvalue weighted by atomic mass is 16.4. The van der Waals surface area contributed by atoms with E-state index >= 15 is 0 Å². The highest BCUT2D eigenvalue weighted by molar-refractivity contribution is 5.88. The first-order valence-corrected chi connectivity index (χ1v) is 6.24. The van der Waals surface area contributed by atoms with Crippen molar-refractivity contribution in [2.75, 3.05) is 0 Å². The summed E-state index contributed by atoms with van der Waals surface area (Å²) in [6, 6.07) is 6.97. The van der Waals surface area contributed by atoms with Gasteiger partial charge in [0.15, 0.2) is 0 Å². The summed E-state index contributed by atoms with van der Waals surface area (Å²) in [5.41, 5.74) is 1.03. The van der Waals surface area contributed by atoms with Crippen LogP contribution in [0.1, 0.15) is 32.9 Å². The van der Waals surface area contributed by atoms with Crippen molar-refractivity contribution < 1.29 is 9.90 Å². The molecular weight excluding hydrogens is 270 g/mol. The van der Waals surface area contributed by atoms with Crippen molar-refractivity contribution in [2.24, 2.45) is 0 Å². The summed E-state index contributed by atoms with van der Waals surface area (Å²) in [7, 11) is 0. The Morgan fingerprint density at radius 2 is 2.19 bits per heavy atom. The smallest absolute Gasteiger partial charge is 0.341 e. The highest BCUT2D eigenvalue weighted by Crippen LogP contribution is 2.11. The van der Waals surface area contributed by atoms with E-state index in [2.05, 4.69) is 4.98 Å². The summed E-state index contributed by atoms with van der Waals surface area (Å²) in [6.45, 7) is 3.43. The Bertz CT molecular complexity index is 816. The average molecular weight is 283 g/mol. The average Bonchev–Trinajstić information content (AvgIpc) is 2.43. The molecule has 2 rings (SSSR count). The van der Waals surface area contributed by atoms with Gasteiger partial charge in [0.05, 0.1) is 6.54 Å². The van der Waals surface area contributed by atoms with Gasteiger partial charge in [0.25, 0.3) is 5.56 Å². The van der Waals surface area contributed by atoms with Gasteiger partial charge in [-0.3, -0.25) is 4.79 Å². The van der Waals surface area contributed by atoms with Crippen molar-refractivity contribution in [3.05, 3.63) is 62.8 Å². The second-order valence-electron chi connectivity index (χ2n) is 4.66. The van der Waals surface area contributed by atoms with E-state index in [0.29, 0.717) is 16.8 Å². The molecule has 0 bridgehead atoms. The first-order chi connectivity index (χ1) is 9.95. The molecule has 0 aliphatic carbocycles.